The molecule has 1 nitrogen and oxygen atoms in total. The molecule has 0 spiro atoms. The maximum absolute atomic E-state index is 3.47. The van der Waals surface area contributed by atoms with Crippen molar-refractivity contribution in [3.05, 3.63) is 39.1 Å². The van der Waals surface area contributed by atoms with Gasteiger partial charge >= 0.3 is 0 Å². The third-order valence-electron chi connectivity index (χ3n) is 2.81. The average Bonchev–Trinajstić information content (AvgIpc) is 2.80. The lowest BCUT2D eigenvalue weighted by molar-refractivity contribution is -0.675. The monoisotopic (exact) mass is 280 g/mol. The first-order valence-electron chi connectivity index (χ1n) is 5.11. The lowest BCUT2D eigenvalue weighted by Gasteiger charge is -1.96. The van der Waals surface area contributed by atoms with Crippen molar-refractivity contribution in [1.29, 1.82) is 0 Å². The molecule has 1 aliphatic heterocycles. The van der Waals surface area contributed by atoms with E-state index in [1.54, 1.807) is 0 Å². The van der Waals surface area contributed by atoms with Crippen molar-refractivity contribution in [1.82, 2.24) is 0 Å². The zero-order valence-electron chi connectivity index (χ0n) is 8.24. The van der Waals surface area contributed by atoms with Crippen LogP contribution in [0.5, 0.6) is 0 Å². The van der Waals surface area contributed by atoms with Gasteiger partial charge in [0.1, 0.15) is 0 Å². The van der Waals surface area contributed by atoms with Crippen molar-refractivity contribution >= 4 is 27.3 Å². The van der Waals surface area contributed by atoms with Crippen LogP contribution in [0.1, 0.15) is 11.4 Å². The highest BCUT2D eigenvalue weighted by atomic mass is 79.9. The molecule has 0 aliphatic carbocycles. The standard InChI is InChI=1S/C12H11BrNS/c13-10-5-3-9(4-6-10)11-8-15-12-2-1-7-14(11)12/h3-6,8H,1-2,7H2/q+1. The van der Waals surface area contributed by atoms with Crippen LogP contribution in [0.25, 0.3) is 11.3 Å². The normalized spacial score (nSPS) is 14.2. The molecule has 0 atom stereocenters. The molecule has 2 heterocycles. The SMILES string of the molecule is Brc1ccc(-c2csc3[n+]2CCC3)cc1. The fourth-order valence-electron chi connectivity index (χ4n) is 2.06. The molecule has 15 heavy (non-hydrogen) atoms. The van der Waals surface area contributed by atoms with Crippen molar-refractivity contribution in [2.24, 2.45) is 0 Å². The lowest BCUT2D eigenvalue weighted by atomic mass is 10.2. The van der Waals surface area contributed by atoms with E-state index in [4.69, 9.17) is 0 Å². The molecule has 76 valence electrons. The van der Waals surface area contributed by atoms with Gasteiger partial charge in [-0.3, -0.25) is 0 Å². The van der Waals surface area contributed by atoms with Crippen molar-refractivity contribution in [3.63, 3.8) is 0 Å². The highest BCUT2D eigenvalue weighted by molar-refractivity contribution is 9.10. The van der Waals surface area contributed by atoms with Gasteiger partial charge in [-0.2, -0.15) is 4.57 Å². The minimum Gasteiger partial charge on any atom is -0.186 e. The molecule has 0 bridgehead atoms. The van der Waals surface area contributed by atoms with Crippen LogP contribution >= 0.6 is 27.3 Å². The summed E-state index contributed by atoms with van der Waals surface area (Å²) >= 11 is 5.36. The fraction of sp³-hybridized carbons (Fsp3) is 0.250. The van der Waals surface area contributed by atoms with Crippen LogP contribution in [0.2, 0.25) is 0 Å². The number of aryl methyl sites for hydroxylation is 1. The number of aromatic nitrogens is 1. The Labute approximate surface area is 102 Å². The molecule has 0 radical (unpaired) electrons. The molecule has 0 amide bonds. The van der Waals surface area contributed by atoms with Gasteiger partial charge in [-0.15, -0.1) is 0 Å². The van der Waals surface area contributed by atoms with Gasteiger partial charge < -0.3 is 0 Å². The van der Waals surface area contributed by atoms with E-state index in [0.717, 1.165) is 4.47 Å². The topological polar surface area (TPSA) is 3.88 Å². The molecule has 1 aromatic heterocycles. The van der Waals surface area contributed by atoms with Crippen LogP contribution in [-0.4, -0.2) is 0 Å². The van der Waals surface area contributed by atoms with Crippen LogP contribution in [0.4, 0.5) is 0 Å². The molecular weight excluding hydrogens is 270 g/mol. The van der Waals surface area contributed by atoms with Gasteiger partial charge in [0.15, 0.2) is 6.54 Å². The second kappa shape index (κ2) is 3.72. The second-order valence-electron chi connectivity index (χ2n) is 3.78. The Morgan fingerprint density at radius 3 is 2.80 bits per heavy atom. The molecule has 0 saturated heterocycles. The van der Waals surface area contributed by atoms with Crippen molar-refractivity contribution in [2.45, 2.75) is 19.4 Å². The van der Waals surface area contributed by atoms with Gasteiger partial charge in [0.2, 0.25) is 10.7 Å². The van der Waals surface area contributed by atoms with Gasteiger partial charge in [-0.25, -0.2) is 0 Å². The zero-order chi connectivity index (χ0) is 10.3. The Bertz CT molecular complexity index is 487. The maximum Gasteiger partial charge on any atom is 0.237 e. The Hall–Kier alpha value is -0.670. The first-order valence-corrected chi connectivity index (χ1v) is 6.78. The largest absolute Gasteiger partial charge is 0.237 e. The summed E-state index contributed by atoms with van der Waals surface area (Å²) in [5.41, 5.74) is 2.70. The van der Waals surface area contributed by atoms with E-state index in [-0.39, 0.29) is 0 Å². The van der Waals surface area contributed by atoms with E-state index >= 15 is 0 Å². The number of rotatable bonds is 1. The quantitative estimate of drug-likeness (QED) is 0.705. The molecule has 3 rings (SSSR count). The summed E-state index contributed by atoms with van der Waals surface area (Å²) in [6.07, 6.45) is 2.55. The Kier molecular flexibility index (Phi) is 2.37. The highest BCUT2D eigenvalue weighted by Crippen LogP contribution is 2.25. The summed E-state index contributed by atoms with van der Waals surface area (Å²) in [6, 6.07) is 8.57. The Morgan fingerprint density at radius 1 is 1.20 bits per heavy atom. The number of nitrogens with zero attached hydrogens (tertiary/aromatic N) is 1. The minimum absolute atomic E-state index is 1.14. The predicted molar refractivity (Wildman–Crippen MR) is 66.0 cm³/mol. The number of hydrogen-bond acceptors (Lipinski definition) is 1. The summed E-state index contributed by atoms with van der Waals surface area (Å²) in [6.45, 7) is 1.18. The summed E-state index contributed by atoms with van der Waals surface area (Å²) < 4.78 is 3.59. The number of hydrogen-bond donors (Lipinski definition) is 0. The molecule has 0 N–H and O–H groups in total. The summed E-state index contributed by atoms with van der Waals surface area (Å²) in [5, 5.41) is 3.80. The summed E-state index contributed by atoms with van der Waals surface area (Å²) in [7, 11) is 0. The highest BCUT2D eigenvalue weighted by Gasteiger charge is 2.26. The van der Waals surface area contributed by atoms with Crippen LogP contribution < -0.4 is 4.57 Å². The van der Waals surface area contributed by atoms with Crippen LogP contribution in [-0.2, 0) is 13.0 Å². The molecule has 0 unspecified atom stereocenters. The maximum atomic E-state index is 3.47. The van der Waals surface area contributed by atoms with Gasteiger partial charge in [0, 0.05) is 22.9 Å². The first-order chi connectivity index (χ1) is 7.34. The molecule has 0 fully saturated rings. The van der Waals surface area contributed by atoms with E-state index in [9.17, 15) is 0 Å². The van der Waals surface area contributed by atoms with E-state index < -0.39 is 0 Å². The Morgan fingerprint density at radius 2 is 2.00 bits per heavy atom. The van der Waals surface area contributed by atoms with Crippen LogP contribution in [0, 0.1) is 0 Å². The van der Waals surface area contributed by atoms with Crippen molar-refractivity contribution in [2.75, 3.05) is 0 Å². The Balaban J connectivity index is 2.09. The third-order valence-corrected chi connectivity index (χ3v) is 4.38. The van der Waals surface area contributed by atoms with E-state index in [2.05, 4.69) is 50.1 Å². The first kappa shape index (κ1) is 9.55. The summed E-state index contributed by atoms with van der Waals surface area (Å²) in [4.78, 5) is 0. The molecule has 1 aliphatic rings. The van der Waals surface area contributed by atoms with Crippen molar-refractivity contribution < 1.29 is 4.57 Å². The van der Waals surface area contributed by atoms with Crippen molar-refractivity contribution in [3.8, 4) is 11.3 Å². The fourth-order valence-corrected chi connectivity index (χ4v) is 3.41. The second-order valence-corrected chi connectivity index (χ2v) is 5.64. The van der Waals surface area contributed by atoms with Gasteiger partial charge in [-0.1, -0.05) is 27.3 Å². The molecule has 1 aromatic carbocycles. The molecule has 3 heteroatoms. The zero-order valence-corrected chi connectivity index (χ0v) is 10.6. The molecular formula is C12H11BrNS+. The lowest BCUT2D eigenvalue weighted by Crippen LogP contribution is -2.32. The van der Waals surface area contributed by atoms with E-state index in [0.29, 0.717) is 0 Å². The van der Waals surface area contributed by atoms with Gasteiger partial charge in [0.25, 0.3) is 0 Å². The van der Waals surface area contributed by atoms with E-state index in [1.807, 2.05) is 11.3 Å². The van der Waals surface area contributed by atoms with E-state index in [1.165, 1.54) is 35.7 Å². The van der Waals surface area contributed by atoms with Gasteiger partial charge in [0.05, 0.1) is 5.38 Å². The molecule has 0 saturated carbocycles. The third kappa shape index (κ3) is 1.64. The molecule has 2 aromatic rings. The number of halogens is 1. The predicted octanol–water partition coefficient (Wildman–Crippen LogP) is 3.41. The number of fused-ring (bicyclic) bond motifs is 1. The minimum atomic E-state index is 1.14. The number of thiazole rings is 1. The smallest absolute Gasteiger partial charge is 0.186 e. The van der Waals surface area contributed by atoms with Crippen LogP contribution in [0.15, 0.2) is 34.1 Å². The average molecular weight is 281 g/mol. The van der Waals surface area contributed by atoms with Gasteiger partial charge in [-0.05, 0) is 24.3 Å². The van der Waals surface area contributed by atoms with Crippen LogP contribution in [0.3, 0.4) is 0 Å². The number of benzene rings is 1. The summed E-state index contributed by atoms with van der Waals surface area (Å²) in [5.74, 6) is 0.